The predicted molar refractivity (Wildman–Crippen MR) is 145 cm³/mol. The van der Waals surface area contributed by atoms with Gasteiger partial charge >= 0.3 is 12.4 Å². The normalized spacial score (nSPS) is 15.2. The summed E-state index contributed by atoms with van der Waals surface area (Å²) in [4.78, 5) is 31.7. The Bertz CT molecular complexity index is 1460. The summed E-state index contributed by atoms with van der Waals surface area (Å²) in [5, 5.41) is 0. The molecule has 0 bridgehead atoms. The second-order valence-corrected chi connectivity index (χ2v) is 10.5. The van der Waals surface area contributed by atoms with Gasteiger partial charge in [-0.2, -0.15) is 26.3 Å². The van der Waals surface area contributed by atoms with Crippen molar-refractivity contribution in [3.8, 4) is 11.5 Å². The number of benzene rings is 2. The van der Waals surface area contributed by atoms with Gasteiger partial charge in [0.05, 0.1) is 37.1 Å². The van der Waals surface area contributed by atoms with E-state index in [1.54, 1.807) is 30.3 Å². The number of nitrogens with zero attached hydrogens (tertiary/aromatic N) is 3. The number of hydrogen-bond acceptors (Lipinski definition) is 7. The average molecular weight is 642 g/mol. The van der Waals surface area contributed by atoms with E-state index in [1.807, 2.05) is 4.90 Å². The fourth-order valence-corrected chi connectivity index (χ4v) is 4.95. The molecule has 0 spiro atoms. The van der Waals surface area contributed by atoms with E-state index >= 15 is 0 Å². The molecule has 0 aliphatic carbocycles. The average Bonchev–Trinajstić information content (AvgIpc) is 3.70. The second-order valence-electron chi connectivity index (χ2n) is 10.5. The van der Waals surface area contributed by atoms with Crippen LogP contribution in [0.15, 0.2) is 59.2 Å². The second kappa shape index (κ2) is 13.4. The van der Waals surface area contributed by atoms with E-state index in [0.29, 0.717) is 61.3 Å². The van der Waals surface area contributed by atoms with Crippen LogP contribution in [0.1, 0.15) is 32.8 Å². The molecule has 0 unspecified atom stereocenters. The Balaban J connectivity index is 1.43. The van der Waals surface area contributed by atoms with Gasteiger partial charge in [-0.25, -0.2) is 0 Å². The van der Waals surface area contributed by atoms with E-state index in [4.69, 9.17) is 18.6 Å². The minimum absolute atomic E-state index is 0.0203. The minimum Gasteiger partial charge on any atom is -0.467 e. The Hall–Kier alpha value is -4.24. The maximum atomic E-state index is 13.8. The Morgan fingerprint density at radius 3 is 2.16 bits per heavy atom. The quantitative estimate of drug-likeness (QED) is 0.287. The number of rotatable bonds is 10. The van der Waals surface area contributed by atoms with Crippen molar-refractivity contribution in [3.63, 3.8) is 0 Å². The third-order valence-electron chi connectivity index (χ3n) is 7.33. The van der Waals surface area contributed by atoms with Gasteiger partial charge in [0.2, 0.25) is 12.7 Å². The molecule has 1 saturated heterocycles. The first-order valence-corrected chi connectivity index (χ1v) is 13.9. The van der Waals surface area contributed by atoms with Crippen LogP contribution >= 0.6 is 0 Å². The van der Waals surface area contributed by atoms with Crippen molar-refractivity contribution in [1.82, 2.24) is 14.7 Å². The van der Waals surface area contributed by atoms with Crippen LogP contribution in [0, 0.1) is 0 Å². The summed E-state index contributed by atoms with van der Waals surface area (Å²) >= 11 is 0. The van der Waals surface area contributed by atoms with Gasteiger partial charge in [0.25, 0.3) is 5.91 Å². The van der Waals surface area contributed by atoms with Crippen molar-refractivity contribution < 1.29 is 54.6 Å². The lowest BCUT2D eigenvalue weighted by atomic mass is 10.0. The van der Waals surface area contributed by atoms with E-state index in [2.05, 4.69) is 0 Å². The van der Waals surface area contributed by atoms with E-state index in [-0.39, 0.29) is 39.0 Å². The molecule has 45 heavy (non-hydrogen) atoms. The summed E-state index contributed by atoms with van der Waals surface area (Å²) in [7, 11) is 0. The number of ether oxygens (including phenoxy) is 3. The number of alkyl halides is 6. The number of morpholine rings is 1. The molecule has 15 heteroatoms. The monoisotopic (exact) mass is 641 g/mol. The Kier molecular flexibility index (Phi) is 9.58. The molecule has 1 aromatic heterocycles. The summed E-state index contributed by atoms with van der Waals surface area (Å²) in [6.45, 7) is 1.36. The number of furan rings is 1. The fourth-order valence-electron chi connectivity index (χ4n) is 4.95. The highest BCUT2D eigenvalue weighted by atomic mass is 19.4. The molecule has 0 saturated carbocycles. The molecule has 2 aliphatic heterocycles. The zero-order chi connectivity index (χ0) is 32.2. The lowest BCUT2D eigenvalue weighted by Crippen LogP contribution is -2.47. The van der Waals surface area contributed by atoms with Crippen LogP contribution in [-0.2, 0) is 35.0 Å². The molecule has 1 fully saturated rings. The number of fused-ring (bicyclic) bond motifs is 1. The highest BCUT2D eigenvalue weighted by Crippen LogP contribution is 2.37. The molecule has 5 rings (SSSR count). The van der Waals surface area contributed by atoms with Crippen LogP contribution in [-0.4, -0.2) is 79.2 Å². The maximum absolute atomic E-state index is 13.8. The third-order valence-corrected chi connectivity index (χ3v) is 7.33. The SMILES string of the molecule is O=C(CN(CCN1CCOCC1)C(=O)c1cc(C(F)(F)F)cc(C(F)(F)F)c1)N(Cc1ccc2c(c1)OCO2)Cc1ccco1. The molecular formula is C30H29F6N3O6. The van der Waals surface area contributed by atoms with Gasteiger partial charge in [-0.1, -0.05) is 6.07 Å². The highest BCUT2D eigenvalue weighted by Gasteiger charge is 2.38. The van der Waals surface area contributed by atoms with Crippen LogP contribution in [0.3, 0.4) is 0 Å². The molecular weight excluding hydrogens is 612 g/mol. The molecule has 3 aromatic rings. The van der Waals surface area contributed by atoms with E-state index in [9.17, 15) is 35.9 Å². The van der Waals surface area contributed by atoms with E-state index < -0.39 is 47.4 Å². The lowest BCUT2D eigenvalue weighted by molar-refractivity contribution is -0.143. The third kappa shape index (κ3) is 8.28. The van der Waals surface area contributed by atoms with Gasteiger partial charge in [0.1, 0.15) is 12.3 Å². The first-order chi connectivity index (χ1) is 21.4. The first kappa shape index (κ1) is 32.2. The van der Waals surface area contributed by atoms with Gasteiger partial charge in [-0.3, -0.25) is 14.5 Å². The molecule has 2 aliphatic rings. The van der Waals surface area contributed by atoms with Crippen LogP contribution < -0.4 is 9.47 Å². The van der Waals surface area contributed by atoms with Crippen LogP contribution in [0.4, 0.5) is 26.3 Å². The van der Waals surface area contributed by atoms with Gasteiger partial charge in [-0.15, -0.1) is 0 Å². The van der Waals surface area contributed by atoms with E-state index in [0.717, 1.165) is 4.90 Å². The predicted octanol–water partition coefficient (Wildman–Crippen LogP) is 5.05. The van der Waals surface area contributed by atoms with Crippen LogP contribution in [0.2, 0.25) is 0 Å². The molecule has 0 radical (unpaired) electrons. The van der Waals surface area contributed by atoms with Gasteiger partial charge in [0, 0.05) is 38.3 Å². The summed E-state index contributed by atoms with van der Waals surface area (Å²) in [5.41, 5.74) is -3.43. The zero-order valence-electron chi connectivity index (χ0n) is 23.8. The van der Waals surface area contributed by atoms with Crippen molar-refractivity contribution in [2.45, 2.75) is 25.4 Å². The topological polar surface area (TPSA) is 84.7 Å². The number of hydrogen-bond donors (Lipinski definition) is 0. The van der Waals surface area contributed by atoms with Crippen molar-refractivity contribution >= 4 is 11.8 Å². The highest BCUT2D eigenvalue weighted by molar-refractivity contribution is 5.97. The van der Waals surface area contributed by atoms with Crippen molar-refractivity contribution in [2.24, 2.45) is 0 Å². The zero-order valence-corrected chi connectivity index (χ0v) is 23.8. The van der Waals surface area contributed by atoms with Gasteiger partial charge < -0.3 is 28.4 Å². The molecule has 3 heterocycles. The van der Waals surface area contributed by atoms with Crippen molar-refractivity contribution in [2.75, 3.05) is 52.7 Å². The van der Waals surface area contributed by atoms with Crippen molar-refractivity contribution in [1.29, 1.82) is 0 Å². The largest absolute Gasteiger partial charge is 0.467 e. The summed E-state index contributed by atoms with van der Waals surface area (Å²) < 4.78 is 103. The van der Waals surface area contributed by atoms with Crippen molar-refractivity contribution in [3.05, 3.63) is 82.8 Å². The molecule has 2 amide bonds. The van der Waals surface area contributed by atoms with Crippen LogP contribution in [0.25, 0.3) is 0 Å². The number of carbonyl (C=O) groups excluding carboxylic acids is 2. The Labute approximate surface area is 253 Å². The molecule has 0 N–H and O–H groups in total. The Morgan fingerprint density at radius 1 is 0.822 bits per heavy atom. The maximum Gasteiger partial charge on any atom is 0.416 e. The van der Waals surface area contributed by atoms with E-state index in [1.165, 1.54) is 11.2 Å². The molecule has 0 atom stereocenters. The standard InChI is InChI=1S/C30H29F6N3O6/c31-29(32,33)22-13-21(14-23(15-22)30(34,35)36)28(41)38(6-5-37-7-10-42-11-8-37)18-27(40)39(17-24-2-1-9-43-24)16-20-3-4-25-26(12-20)45-19-44-25/h1-4,9,12-15H,5-8,10-11,16-19H2. The Morgan fingerprint density at radius 2 is 1.51 bits per heavy atom. The molecule has 9 nitrogen and oxygen atoms in total. The lowest BCUT2D eigenvalue weighted by Gasteiger charge is -2.31. The number of halogens is 6. The van der Waals surface area contributed by atoms with Crippen LogP contribution in [0.5, 0.6) is 11.5 Å². The fraction of sp³-hybridized carbons (Fsp3) is 0.400. The smallest absolute Gasteiger partial charge is 0.416 e. The van der Waals surface area contributed by atoms with Gasteiger partial charge in [0.15, 0.2) is 11.5 Å². The summed E-state index contributed by atoms with van der Waals surface area (Å²) in [5.74, 6) is -0.327. The summed E-state index contributed by atoms with van der Waals surface area (Å²) in [6.07, 6.45) is -8.87. The number of amides is 2. The minimum atomic E-state index is -5.14. The van der Waals surface area contributed by atoms with Gasteiger partial charge in [-0.05, 0) is 48.0 Å². The molecule has 242 valence electrons. The molecule has 2 aromatic carbocycles. The summed E-state index contributed by atoms with van der Waals surface area (Å²) in [6, 6.07) is 9.05. The number of carbonyl (C=O) groups is 2. The first-order valence-electron chi connectivity index (χ1n) is 13.9.